The van der Waals surface area contributed by atoms with Gasteiger partial charge in [-0.25, -0.2) is 0 Å². The number of hydrogen-bond donors (Lipinski definition) is 0. The lowest BCUT2D eigenvalue weighted by molar-refractivity contribution is 0.331. The van der Waals surface area contributed by atoms with Crippen molar-refractivity contribution in [1.29, 1.82) is 0 Å². The minimum Gasteiger partial charge on any atom is -0.302 e. The molecule has 1 saturated heterocycles. The molecule has 2 heteroatoms. The molecule has 0 N–H and O–H groups in total. The van der Waals surface area contributed by atoms with E-state index >= 15 is 0 Å². The SMILES string of the molecule is CC.CSCC1CC(C)CN1C. The van der Waals surface area contributed by atoms with Crippen LogP contribution in [-0.2, 0) is 0 Å². The lowest BCUT2D eigenvalue weighted by atomic mass is 10.1. The molecule has 0 aliphatic carbocycles. The van der Waals surface area contributed by atoms with Gasteiger partial charge in [-0.3, -0.25) is 0 Å². The molecule has 12 heavy (non-hydrogen) atoms. The minimum absolute atomic E-state index is 0.852. The maximum absolute atomic E-state index is 2.49. The van der Waals surface area contributed by atoms with Gasteiger partial charge in [-0.05, 0) is 25.6 Å². The van der Waals surface area contributed by atoms with Gasteiger partial charge in [-0.1, -0.05) is 20.8 Å². The predicted molar refractivity (Wildman–Crippen MR) is 59.9 cm³/mol. The van der Waals surface area contributed by atoms with Crippen LogP contribution in [0.1, 0.15) is 27.2 Å². The summed E-state index contributed by atoms with van der Waals surface area (Å²) < 4.78 is 0. The summed E-state index contributed by atoms with van der Waals surface area (Å²) in [6, 6.07) is 0.852. The molecule has 1 heterocycles. The molecule has 2 atom stereocenters. The van der Waals surface area contributed by atoms with Gasteiger partial charge in [0.25, 0.3) is 0 Å². The Kier molecular flexibility index (Phi) is 6.96. The van der Waals surface area contributed by atoms with Crippen LogP contribution >= 0.6 is 11.8 Å². The third-order valence-electron chi connectivity index (χ3n) is 2.26. The second kappa shape index (κ2) is 6.79. The van der Waals surface area contributed by atoms with Gasteiger partial charge in [0, 0.05) is 18.3 Å². The van der Waals surface area contributed by atoms with Crippen LogP contribution in [0.4, 0.5) is 0 Å². The van der Waals surface area contributed by atoms with E-state index in [0.29, 0.717) is 0 Å². The van der Waals surface area contributed by atoms with Crippen LogP contribution in [-0.4, -0.2) is 36.5 Å². The van der Waals surface area contributed by atoms with E-state index in [1.807, 2.05) is 25.6 Å². The molecule has 0 aromatic carbocycles. The van der Waals surface area contributed by atoms with Crippen molar-refractivity contribution in [1.82, 2.24) is 4.90 Å². The van der Waals surface area contributed by atoms with Gasteiger partial charge in [-0.15, -0.1) is 0 Å². The van der Waals surface area contributed by atoms with Gasteiger partial charge >= 0.3 is 0 Å². The van der Waals surface area contributed by atoms with Gasteiger partial charge in [0.05, 0.1) is 0 Å². The average Bonchev–Trinajstić information content (AvgIpc) is 2.35. The second-order valence-electron chi connectivity index (χ2n) is 3.39. The Morgan fingerprint density at radius 2 is 2.00 bits per heavy atom. The van der Waals surface area contributed by atoms with Crippen LogP contribution in [0.15, 0.2) is 0 Å². The summed E-state index contributed by atoms with van der Waals surface area (Å²) in [6.07, 6.45) is 3.59. The van der Waals surface area contributed by atoms with E-state index < -0.39 is 0 Å². The molecular weight excluding hydrogens is 166 g/mol. The van der Waals surface area contributed by atoms with E-state index in [4.69, 9.17) is 0 Å². The molecule has 2 unspecified atom stereocenters. The van der Waals surface area contributed by atoms with Crippen LogP contribution in [0, 0.1) is 5.92 Å². The number of thioether (sulfide) groups is 1. The van der Waals surface area contributed by atoms with Gasteiger partial charge in [0.15, 0.2) is 0 Å². The molecule has 1 rings (SSSR count). The molecule has 0 aromatic rings. The Hall–Kier alpha value is 0.310. The van der Waals surface area contributed by atoms with Crippen LogP contribution in [0.5, 0.6) is 0 Å². The highest BCUT2D eigenvalue weighted by molar-refractivity contribution is 7.98. The van der Waals surface area contributed by atoms with Crippen molar-refractivity contribution in [2.24, 2.45) is 5.92 Å². The lowest BCUT2D eigenvalue weighted by Crippen LogP contribution is -2.26. The molecule has 1 aliphatic rings. The fraction of sp³-hybridized carbons (Fsp3) is 1.00. The third kappa shape index (κ3) is 3.81. The summed E-state index contributed by atoms with van der Waals surface area (Å²) >= 11 is 1.96. The molecule has 0 radical (unpaired) electrons. The molecule has 0 spiro atoms. The standard InChI is InChI=1S/C8H17NS.C2H6/c1-7-4-8(6-10-3)9(2)5-7;1-2/h7-8H,4-6H2,1-3H3;1-2H3. The Bertz CT molecular complexity index is 106. The fourth-order valence-corrected chi connectivity index (χ4v) is 2.52. The molecule has 0 aromatic heterocycles. The first kappa shape index (κ1) is 12.3. The zero-order valence-electron chi connectivity index (χ0n) is 9.13. The quantitative estimate of drug-likeness (QED) is 0.657. The highest BCUT2D eigenvalue weighted by Gasteiger charge is 2.25. The molecule has 0 bridgehead atoms. The third-order valence-corrected chi connectivity index (χ3v) is 2.97. The van der Waals surface area contributed by atoms with Crippen molar-refractivity contribution in [3.05, 3.63) is 0 Å². The van der Waals surface area contributed by atoms with Crippen LogP contribution < -0.4 is 0 Å². The fourth-order valence-electron chi connectivity index (χ4n) is 1.75. The largest absolute Gasteiger partial charge is 0.302 e. The average molecular weight is 189 g/mol. The van der Waals surface area contributed by atoms with Gasteiger partial charge in [-0.2, -0.15) is 11.8 Å². The molecule has 1 nitrogen and oxygen atoms in total. The first-order valence-corrected chi connectivity index (χ1v) is 6.32. The number of hydrogen-bond acceptors (Lipinski definition) is 2. The van der Waals surface area contributed by atoms with E-state index in [2.05, 4.69) is 25.1 Å². The normalized spacial score (nSPS) is 29.8. The summed E-state index contributed by atoms with van der Waals surface area (Å²) in [7, 11) is 2.24. The molecule has 1 fully saturated rings. The highest BCUT2D eigenvalue weighted by Crippen LogP contribution is 2.22. The zero-order chi connectivity index (χ0) is 9.56. The van der Waals surface area contributed by atoms with Crippen LogP contribution in [0.25, 0.3) is 0 Å². The molecular formula is C10H23NS. The Morgan fingerprint density at radius 1 is 1.42 bits per heavy atom. The summed E-state index contributed by atoms with van der Waals surface area (Å²) in [4.78, 5) is 2.49. The topological polar surface area (TPSA) is 3.24 Å². The maximum Gasteiger partial charge on any atom is 0.0186 e. The van der Waals surface area contributed by atoms with Crippen molar-refractivity contribution < 1.29 is 0 Å². The van der Waals surface area contributed by atoms with E-state index in [1.54, 1.807) is 0 Å². The van der Waals surface area contributed by atoms with E-state index in [-0.39, 0.29) is 0 Å². The number of rotatable bonds is 2. The lowest BCUT2D eigenvalue weighted by Gasteiger charge is -2.17. The molecule has 74 valence electrons. The van der Waals surface area contributed by atoms with Gasteiger partial charge in [0.2, 0.25) is 0 Å². The second-order valence-corrected chi connectivity index (χ2v) is 4.30. The van der Waals surface area contributed by atoms with Crippen molar-refractivity contribution in [2.75, 3.05) is 25.6 Å². The Labute approximate surface area is 81.9 Å². The van der Waals surface area contributed by atoms with Crippen molar-refractivity contribution in [3.63, 3.8) is 0 Å². The predicted octanol–water partition coefficient (Wildman–Crippen LogP) is 2.72. The Morgan fingerprint density at radius 3 is 2.33 bits per heavy atom. The van der Waals surface area contributed by atoms with Crippen molar-refractivity contribution >= 4 is 11.8 Å². The van der Waals surface area contributed by atoms with E-state index in [1.165, 1.54) is 18.7 Å². The van der Waals surface area contributed by atoms with Crippen LogP contribution in [0.2, 0.25) is 0 Å². The Balaban J connectivity index is 0.000000561. The zero-order valence-corrected chi connectivity index (χ0v) is 9.95. The van der Waals surface area contributed by atoms with E-state index in [0.717, 1.165) is 12.0 Å². The molecule has 0 saturated carbocycles. The maximum atomic E-state index is 2.49. The number of nitrogens with zero attached hydrogens (tertiary/aromatic N) is 1. The minimum atomic E-state index is 0.852. The molecule has 0 amide bonds. The first-order chi connectivity index (χ1) is 5.74. The summed E-state index contributed by atoms with van der Waals surface area (Å²) in [5, 5.41) is 0. The highest BCUT2D eigenvalue weighted by atomic mass is 32.2. The van der Waals surface area contributed by atoms with Crippen LogP contribution in [0.3, 0.4) is 0 Å². The molecule has 1 aliphatic heterocycles. The van der Waals surface area contributed by atoms with Gasteiger partial charge in [0.1, 0.15) is 0 Å². The summed E-state index contributed by atoms with van der Waals surface area (Å²) in [6.45, 7) is 7.64. The summed E-state index contributed by atoms with van der Waals surface area (Å²) in [5.74, 6) is 2.23. The number of likely N-dealkylation sites (tertiary alicyclic amines) is 1. The van der Waals surface area contributed by atoms with Crippen molar-refractivity contribution in [3.8, 4) is 0 Å². The monoisotopic (exact) mass is 189 g/mol. The van der Waals surface area contributed by atoms with Gasteiger partial charge < -0.3 is 4.90 Å². The first-order valence-electron chi connectivity index (χ1n) is 4.93. The summed E-state index contributed by atoms with van der Waals surface area (Å²) in [5.41, 5.74) is 0. The van der Waals surface area contributed by atoms with E-state index in [9.17, 15) is 0 Å². The smallest absolute Gasteiger partial charge is 0.0186 e. The van der Waals surface area contributed by atoms with Crippen molar-refractivity contribution in [2.45, 2.75) is 33.2 Å².